The van der Waals surface area contributed by atoms with E-state index in [2.05, 4.69) is 6.58 Å². The predicted molar refractivity (Wildman–Crippen MR) is 44.2 cm³/mol. The van der Waals surface area contributed by atoms with Crippen molar-refractivity contribution in [3.8, 4) is 0 Å². The molecule has 0 aliphatic heterocycles. The van der Waals surface area contributed by atoms with Gasteiger partial charge in [-0.25, -0.2) is 4.79 Å². The van der Waals surface area contributed by atoms with Crippen molar-refractivity contribution in [1.82, 2.24) is 0 Å². The maximum atomic E-state index is 10.7. The first-order chi connectivity index (χ1) is 5.18. The topological polar surface area (TPSA) is 61.5 Å². The molecular formula is C6H12NO3P. The van der Waals surface area contributed by atoms with Crippen molar-refractivity contribution < 1.29 is 14.1 Å². The van der Waals surface area contributed by atoms with E-state index in [-0.39, 0.29) is 15.6 Å². The van der Waals surface area contributed by atoms with Crippen molar-refractivity contribution in [3.05, 3.63) is 12.2 Å². The minimum atomic E-state index is -0.394. The lowest BCUT2D eigenvalue weighted by atomic mass is 10.4. The van der Waals surface area contributed by atoms with Gasteiger partial charge in [-0.2, -0.15) is 0 Å². The van der Waals surface area contributed by atoms with Gasteiger partial charge in [-0.15, -0.1) is 0 Å². The van der Waals surface area contributed by atoms with Crippen molar-refractivity contribution in [3.63, 3.8) is 0 Å². The minimum Gasteiger partial charge on any atom is -0.460 e. The predicted octanol–water partition coefficient (Wildman–Crippen LogP) is 0.590. The van der Waals surface area contributed by atoms with Crippen LogP contribution >= 0.6 is 8.96 Å². The molecule has 11 heavy (non-hydrogen) atoms. The van der Waals surface area contributed by atoms with Crippen LogP contribution in [0.2, 0.25) is 0 Å². The molecule has 5 heteroatoms. The molecule has 0 saturated carbocycles. The molecule has 64 valence electrons. The summed E-state index contributed by atoms with van der Waals surface area (Å²) in [5, 5.41) is 0. The molecule has 0 saturated heterocycles. The fraction of sp³-hybridized carbons (Fsp3) is 0.500. The zero-order valence-electron chi connectivity index (χ0n) is 6.42. The second kappa shape index (κ2) is 6.28. The van der Waals surface area contributed by atoms with Gasteiger partial charge in [0.1, 0.15) is 6.61 Å². The van der Waals surface area contributed by atoms with Gasteiger partial charge in [0, 0.05) is 5.57 Å². The molecule has 0 aromatic rings. The lowest BCUT2D eigenvalue weighted by Gasteiger charge is -2.02. The molecule has 1 unspecified atom stereocenters. The third-order valence-electron chi connectivity index (χ3n) is 0.850. The van der Waals surface area contributed by atoms with Gasteiger partial charge in [0.15, 0.2) is 0 Å². The van der Waals surface area contributed by atoms with Gasteiger partial charge in [-0.1, -0.05) is 6.58 Å². The Hall–Kier alpha value is -0.440. The number of rotatable bonds is 5. The molecule has 0 radical (unpaired) electrons. The fourth-order valence-electron chi connectivity index (χ4n) is 0.358. The Bertz CT molecular complexity index is 149. The molecule has 0 heterocycles. The molecule has 0 bridgehead atoms. The summed E-state index contributed by atoms with van der Waals surface area (Å²) in [7, 11) is -0.0580. The monoisotopic (exact) mass is 177 g/mol. The fourth-order valence-corrected chi connectivity index (χ4v) is 0.559. The van der Waals surface area contributed by atoms with Crippen molar-refractivity contribution >= 4 is 14.9 Å². The van der Waals surface area contributed by atoms with Crippen LogP contribution in [-0.4, -0.2) is 19.2 Å². The van der Waals surface area contributed by atoms with Crippen LogP contribution in [0.3, 0.4) is 0 Å². The van der Waals surface area contributed by atoms with E-state index in [1.54, 1.807) is 6.92 Å². The molecule has 4 nitrogen and oxygen atoms in total. The highest BCUT2D eigenvalue weighted by Crippen LogP contribution is 1.97. The molecule has 0 aromatic carbocycles. The molecule has 0 aliphatic carbocycles. The third kappa shape index (κ3) is 5.98. The highest BCUT2D eigenvalue weighted by molar-refractivity contribution is 7.29. The number of esters is 1. The van der Waals surface area contributed by atoms with Gasteiger partial charge in [0.25, 0.3) is 0 Å². The maximum absolute atomic E-state index is 10.7. The van der Waals surface area contributed by atoms with Gasteiger partial charge in [-0.3, -0.25) is 5.50 Å². The lowest BCUT2D eigenvalue weighted by molar-refractivity contribution is -0.139. The first-order valence-corrected chi connectivity index (χ1v) is 4.07. The van der Waals surface area contributed by atoms with Gasteiger partial charge >= 0.3 is 5.97 Å². The van der Waals surface area contributed by atoms with E-state index in [0.29, 0.717) is 12.2 Å². The van der Waals surface area contributed by atoms with Crippen LogP contribution in [0.25, 0.3) is 0 Å². The summed E-state index contributed by atoms with van der Waals surface area (Å²) in [6, 6.07) is 0. The Morgan fingerprint density at radius 1 is 1.64 bits per heavy atom. The number of hydrogen-bond donors (Lipinski definition) is 1. The van der Waals surface area contributed by atoms with Crippen LogP contribution in [0.15, 0.2) is 12.2 Å². The van der Waals surface area contributed by atoms with E-state index in [4.69, 9.17) is 14.8 Å². The van der Waals surface area contributed by atoms with E-state index >= 15 is 0 Å². The molecule has 0 fully saturated rings. The van der Waals surface area contributed by atoms with Gasteiger partial charge in [0.05, 0.1) is 15.6 Å². The molecule has 0 aliphatic rings. The standard InChI is InChI=1S/C6H12NO3P/c1-5(2)6(8)9-3-4-10-11-7/h11H,1,3-4,7H2,2H3. The van der Waals surface area contributed by atoms with E-state index in [9.17, 15) is 4.79 Å². The SMILES string of the molecule is C=C(C)C(=O)OCCOPN. The molecule has 1 atom stereocenters. The van der Waals surface area contributed by atoms with E-state index in [1.165, 1.54) is 0 Å². The van der Waals surface area contributed by atoms with Crippen molar-refractivity contribution in [2.75, 3.05) is 13.2 Å². The van der Waals surface area contributed by atoms with Crippen LogP contribution in [0, 0.1) is 0 Å². The first kappa shape index (κ1) is 10.6. The summed E-state index contributed by atoms with van der Waals surface area (Å²) >= 11 is 0. The number of ether oxygens (including phenoxy) is 1. The number of nitrogens with two attached hydrogens (primary N) is 1. The highest BCUT2D eigenvalue weighted by atomic mass is 31.1. The van der Waals surface area contributed by atoms with Crippen molar-refractivity contribution in [1.29, 1.82) is 0 Å². The smallest absolute Gasteiger partial charge is 0.333 e. The average molecular weight is 177 g/mol. The summed E-state index contributed by atoms with van der Waals surface area (Å²) < 4.78 is 9.45. The second-order valence-corrected chi connectivity index (χ2v) is 2.41. The Balaban J connectivity index is 3.25. The van der Waals surface area contributed by atoms with Crippen molar-refractivity contribution in [2.24, 2.45) is 5.50 Å². The van der Waals surface area contributed by atoms with Gasteiger partial charge in [0.2, 0.25) is 0 Å². The third-order valence-corrected chi connectivity index (χ3v) is 1.22. The minimum absolute atomic E-state index is 0.0580. The van der Waals surface area contributed by atoms with Crippen molar-refractivity contribution in [2.45, 2.75) is 6.92 Å². The number of carbonyl (C=O) groups is 1. The average Bonchev–Trinajstić information content (AvgIpc) is 1.97. The Labute approximate surface area is 67.7 Å². The van der Waals surface area contributed by atoms with Crippen LogP contribution in [-0.2, 0) is 14.1 Å². The summed E-state index contributed by atoms with van der Waals surface area (Å²) in [6.45, 7) is 5.58. The van der Waals surface area contributed by atoms with E-state index < -0.39 is 5.97 Å². The number of carbonyl (C=O) groups excluding carboxylic acids is 1. The summed E-state index contributed by atoms with van der Waals surface area (Å²) in [6.07, 6.45) is 0. The van der Waals surface area contributed by atoms with Crippen LogP contribution in [0.5, 0.6) is 0 Å². The summed E-state index contributed by atoms with van der Waals surface area (Å²) in [5.41, 5.74) is 5.44. The van der Waals surface area contributed by atoms with E-state index in [1.807, 2.05) is 0 Å². The second-order valence-electron chi connectivity index (χ2n) is 1.88. The first-order valence-electron chi connectivity index (χ1n) is 3.08. The molecular weight excluding hydrogens is 165 g/mol. The molecule has 0 rings (SSSR count). The molecule has 0 amide bonds. The summed E-state index contributed by atoms with van der Waals surface area (Å²) in [4.78, 5) is 10.7. The molecule has 2 N–H and O–H groups in total. The Kier molecular flexibility index (Phi) is 6.03. The van der Waals surface area contributed by atoms with Gasteiger partial charge in [-0.05, 0) is 6.92 Å². The van der Waals surface area contributed by atoms with Gasteiger partial charge < -0.3 is 9.26 Å². The Morgan fingerprint density at radius 3 is 2.73 bits per heavy atom. The number of hydrogen-bond acceptors (Lipinski definition) is 4. The van der Waals surface area contributed by atoms with Crippen LogP contribution in [0.1, 0.15) is 6.92 Å². The van der Waals surface area contributed by atoms with E-state index in [0.717, 1.165) is 0 Å². The maximum Gasteiger partial charge on any atom is 0.333 e. The zero-order valence-corrected chi connectivity index (χ0v) is 7.42. The molecule has 0 aromatic heterocycles. The van der Waals surface area contributed by atoms with Crippen LogP contribution in [0.4, 0.5) is 0 Å². The van der Waals surface area contributed by atoms with Crippen LogP contribution < -0.4 is 5.50 Å². The molecule has 0 spiro atoms. The Morgan fingerprint density at radius 2 is 2.27 bits per heavy atom. The highest BCUT2D eigenvalue weighted by Gasteiger charge is 2.00. The largest absolute Gasteiger partial charge is 0.460 e. The normalized spacial score (nSPS) is 10.4. The lowest BCUT2D eigenvalue weighted by Crippen LogP contribution is -2.09. The quantitative estimate of drug-likeness (QED) is 0.289. The zero-order chi connectivity index (χ0) is 8.69. The summed E-state index contributed by atoms with van der Waals surface area (Å²) in [5.74, 6) is -0.394.